The third-order valence-electron chi connectivity index (χ3n) is 2.96. The second-order valence-corrected chi connectivity index (χ2v) is 7.08. The molecule has 0 saturated carbocycles. The van der Waals surface area contributed by atoms with Crippen LogP contribution in [-0.4, -0.2) is 18.2 Å². The van der Waals surface area contributed by atoms with Crippen LogP contribution in [0, 0.1) is 0 Å². The van der Waals surface area contributed by atoms with Gasteiger partial charge in [0.15, 0.2) is 0 Å². The number of fused-ring (bicyclic) bond motifs is 1. The van der Waals surface area contributed by atoms with Gasteiger partial charge in [0.25, 0.3) is 0 Å². The standard InChI is InChI=1S/C14H17BrClNO2/c1-8-7-17(13(18)19-14(2,3)4)12-6-11(16)10(15)5-9(8)12/h5-6,8H,7H2,1-4H3. The van der Waals surface area contributed by atoms with Crippen molar-refractivity contribution >= 4 is 39.3 Å². The van der Waals surface area contributed by atoms with E-state index >= 15 is 0 Å². The minimum absolute atomic E-state index is 0.274. The summed E-state index contributed by atoms with van der Waals surface area (Å²) >= 11 is 9.53. The molecule has 0 N–H and O–H groups in total. The van der Waals surface area contributed by atoms with E-state index in [1.54, 1.807) is 4.90 Å². The fourth-order valence-electron chi connectivity index (χ4n) is 2.14. The average Bonchev–Trinajstić information content (AvgIpc) is 2.55. The Kier molecular flexibility index (Phi) is 3.85. The van der Waals surface area contributed by atoms with Gasteiger partial charge in [-0.15, -0.1) is 0 Å². The van der Waals surface area contributed by atoms with Crippen molar-refractivity contribution in [1.82, 2.24) is 0 Å². The van der Waals surface area contributed by atoms with Crippen molar-refractivity contribution in [2.45, 2.75) is 39.2 Å². The van der Waals surface area contributed by atoms with Gasteiger partial charge < -0.3 is 4.74 Å². The molecular weight excluding hydrogens is 330 g/mol. The maximum atomic E-state index is 12.2. The van der Waals surface area contributed by atoms with Crippen LogP contribution in [-0.2, 0) is 4.74 Å². The first-order valence-electron chi connectivity index (χ1n) is 6.18. The zero-order valence-corrected chi connectivity index (χ0v) is 13.8. The van der Waals surface area contributed by atoms with Gasteiger partial charge in [-0.05, 0) is 54.4 Å². The van der Waals surface area contributed by atoms with E-state index in [1.807, 2.05) is 32.9 Å². The third-order valence-corrected chi connectivity index (χ3v) is 4.16. The molecule has 0 radical (unpaired) electrons. The largest absolute Gasteiger partial charge is 0.443 e. The molecule has 3 nitrogen and oxygen atoms in total. The van der Waals surface area contributed by atoms with E-state index in [2.05, 4.69) is 22.9 Å². The van der Waals surface area contributed by atoms with Gasteiger partial charge in [-0.1, -0.05) is 18.5 Å². The highest BCUT2D eigenvalue weighted by Gasteiger charge is 2.33. The number of halogens is 2. The van der Waals surface area contributed by atoms with Crippen molar-refractivity contribution in [3.8, 4) is 0 Å². The maximum Gasteiger partial charge on any atom is 0.414 e. The zero-order valence-electron chi connectivity index (χ0n) is 11.5. The molecular formula is C14H17BrClNO2. The first-order valence-corrected chi connectivity index (χ1v) is 7.35. The van der Waals surface area contributed by atoms with Gasteiger partial charge in [0.2, 0.25) is 0 Å². The quantitative estimate of drug-likeness (QED) is 0.664. The van der Waals surface area contributed by atoms with E-state index in [-0.39, 0.29) is 12.0 Å². The van der Waals surface area contributed by atoms with Gasteiger partial charge in [-0.3, -0.25) is 4.90 Å². The molecule has 0 aromatic heterocycles. The highest BCUT2D eigenvalue weighted by Crippen LogP contribution is 2.41. The number of carbonyl (C=O) groups excluding carboxylic acids is 1. The van der Waals surface area contributed by atoms with Gasteiger partial charge in [0.1, 0.15) is 5.60 Å². The molecule has 1 heterocycles. The summed E-state index contributed by atoms with van der Waals surface area (Å²) in [4.78, 5) is 13.9. The van der Waals surface area contributed by atoms with Crippen LogP contribution in [0.3, 0.4) is 0 Å². The van der Waals surface area contributed by atoms with Crippen LogP contribution in [0.1, 0.15) is 39.2 Å². The molecule has 1 aromatic carbocycles. The van der Waals surface area contributed by atoms with Crippen molar-refractivity contribution in [3.63, 3.8) is 0 Å². The minimum atomic E-state index is -0.498. The Labute approximate surface area is 127 Å². The van der Waals surface area contributed by atoms with Crippen molar-refractivity contribution in [3.05, 3.63) is 27.2 Å². The predicted molar refractivity (Wildman–Crippen MR) is 81.1 cm³/mol. The highest BCUT2D eigenvalue weighted by molar-refractivity contribution is 9.10. The summed E-state index contributed by atoms with van der Waals surface area (Å²) in [6.07, 6.45) is -0.323. The first kappa shape index (κ1) is 14.7. The number of nitrogens with zero attached hydrogens (tertiary/aromatic N) is 1. The van der Waals surface area contributed by atoms with Crippen molar-refractivity contribution < 1.29 is 9.53 Å². The summed E-state index contributed by atoms with van der Waals surface area (Å²) in [5.41, 5.74) is 1.46. The van der Waals surface area contributed by atoms with Crippen molar-refractivity contribution in [2.24, 2.45) is 0 Å². The molecule has 1 aliphatic rings. The fourth-order valence-corrected chi connectivity index (χ4v) is 2.66. The van der Waals surface area contributed by atoms with Gasteiger partial charge in [0.05, 0.1) is 10.7 Å². The SMILES string of the molecule is CC1CN(C(=O)OC(C)(C)C)c2cc(Cl)c(Br)cc21. The van der Waals surface area contributed by atoms with Crippen LogP contribution in [0.15, 0.2) is 16.6 Å². The maximum absolute atomic E-state index is 12.2. The lowest BCUT2D eigenvalue weighted by Crippen LogP contribution is -2.36. The van der Waals surface area contributed by atoms with Crippen molar-refractivity contribution in [2.75, 3.05) is 11.4 Å². The Morgan fingerprint density at radius 3 is 2.68 bits per heavy atom. The van der Waals surface area contributed by atoms with E-state index in [9.17, 15) is 4.79 Å². The topological polar surface area (TPSA) is 29.5 Å². The van der Waals surface area contributed by atoms with Crippen molar-refractivity contribution in [1.29, 1.82) is 0 Å². The van der Waals surface area contributed by atoms with E-state index in [0.717, 1.165) is 15.7 Å². The Morgan fingerprint density at radius 2 is 2.11 bits per heavy atom. The van der Waals surface area contributed by atoms with Crippen LogP contribution in [0.5, 0.6) is 0 Å². The molecule has 0 fully saturated rings. The van der Waals surface area contributed by atoms with Crippen LogP contribution in [0.2, 0.25) is 5.02 Å². The number of benzene rings is 1. The van der Waals surface area contributed by atoms with Gasteiger partial charge >= 0.3 is 6.09 Å². The summed E-state index contributed by atoms with van der Waals surface area (Å²) in [6.45, 7) is 8.29. The molecule has 1 unspecified atom stereocenters. The molecule has 1 aromatic rings. The lowest BCUT2D eigenvalue weighted by atomic mass is 10.0. The molecule has 0 aliphatic carbocycles. The van der Waals surface area contributed by atoms with Crippen LogP contribution in [0.25, 0.3) is 0 Å². The summed E-state index contributed by atoms with van der Waals surface area (Å²) in [5.74, 6) is 0.274. The fraction of sp³-hybridized carbons (Fsp3) is 0.500. The molecule has 0 bridgehead atoms. The summed E-state index contributed by atoms with van der Waals surface area (Å²) in [6, 6.07) is 3.79. The number of hydrogen-bond donors (Lipinski definition) is 0. The molecule has 1 atom stereocenters. The molecule has 1 aliphatic heterocycles. The lowest BCUT2D eigenvalue weighted by Gasteiger charge is -2.25. The second-order valence-electron chi connectivity index (χ2n) is 5.82. The average molecular weight is 347 g/mol. The van der Waals surface area contributed by atoms with Crippen LogP contribution < -0.4 is 4.90 Å². The Hall–Kier alpha value is -0.740. The normalized spacial score (nSPS) is 18.4. The number of amides is 1. The molecule has 0 saturated heterocycles. The van der Waals surface area contributed by atoms with E-state index in [0.29, 0.717) is 11.6 Å². The van der Waals surface area contributed by atoms with E-state index < -0.39 is 5.60 Å². The van der Waals surface area contributed by atoms with Gasteiger partial charge in [-0.25, -0.2) is 4.79 Å². The molecule has 5 heteroatoms. The highest BCUT2D eigenvalue weighted by atomic mass is 79.9. The number of ether oxygens (including phenoxy) is 1. The zero-order chi connectivity index (χ0) is 14.4. The molecule has 0 spiro atoms. The third kappa shape index (κ3) is 3.06. The lowest BCUT2D eigenvalue weighted by molar-refractivity contribution is 0.0582. The summed E-state index contributed by atoms with van der Waals surface area (Å²) < 4.78 is 6.28. The molecule has 2 rings (SSSR count). The molecule has 104 valence electrons. The summed E-state index contributed by atoms with van der Waals surface area (Å²) in [7, 11) is 0. The van der Waals surface area contributed by atoms with Crippen LogP contribution in [0.4, 0.5) is 10.5 Å². The number of rotatable bonds is 0. The number of hydrogen-bond acceptors (Lipinski definition) is 2. The first-order chi connectivity index (χ1) is 8.69. The smallest absolute Gasteiger partial charge is 0.414 e. The number of carbonyl (C=O) groups is 1. The van der Waals surface area contributed by atoms with E-state index in [4.69, 9.17) is 16.3 Å². The number of anilines is 1. The van der Waals surface area contributed by atoms with Gasteiger partial charge in [-0.2, -0.15) is 0 Å². The van der Waals surface area contributed by atoms with Crippen LogP contribution >= 0.6 is 27.5 Å². The molecule has 1 amide bonds. The minimum Gasteiger partial charge on any atom is -0.443 e. The van der Waals surface area contributed by atoms with Gasteiger partial charge in [0, 0.05) is 16.9 Å². The summed E-state index contributed by atoms with van der Waals surface area (Å²) in [5, 5.41) is 0.599. The van der Waals surface area contributed by atoms with E-state index in [1.165, 1.54) is 0 Å². The second kappa shape index (κ2) is 4.98. The molecule has 19 heavy (non-hydrogen) atoms. The Morgan fingerprint density at radius 1 is 1.47 bits per heavy atom. The predicted octanol–water partition coefficient (Wildman–Crippen LogP) is 4.96. The monoisotopic (exact) mass is 345 g/mol. The Bertz CT molecular complexity index is 525. The Balaban J connectivity index is 2.34.